The predicted octanol–water partition coefficient (Wildman–Crippen LogP) is 0.151. The fourth-order valence-corrected chi connectivity index (χ4v) is 1.77. The molecule has 0 amide bonds. The Morgan fingerprint density at radius 1 is 1.35 bits per heavy atom. The molecule has 2 rings (SSSR count). The van der Waals surface area contributed by atoms with E-state index in [2.05, 4.69) is 10.2 Å². The van der Waals surface area contributed by atoms with Crippen LogP contribution >= 0.6 is 0 Å². The lowest BCUT2D eigenvalue weighted by atomic mass is 10.1. The van der Waals surface area contributed by atoms with Gasteiger partial charge in [-0.15, -0.1) is 0 Å². The zero-order valence-corrected chi connectivity index (χ0v) is 9.76. The summed E-state index contributed by atoms with van der Waals surface area (Å²) in [5, 5.41) is 7.97. The second kappa shape index (κ2) is 3.97. The van der Waals surface area contributed by atoms with Crippen LogP contribution in [0.1, 0.15) is 27.4 Å². The quantitative estimate of drug-likeness (QED) is 0.705. The first-order valence-corrected chi connectivity index (χ1v) is 5.00. The fraction of sp³-hybridized carbons (Fsp3) is 0.273. The summed E-state index contributed by atoms with van der Waals surface area (Å²) in [4.78, 5) is 23.1. The molecule has 87 valence electrons. The van der Waals surface area contributed by atoms with E-state index in [0.717, 1.165) is 0 Å². The zero-order valence-electron chi connectivity index (χ0n) is 9.76. The van der Waals surface area contributed by atoms with Gasteiger partial charge < -0.3 is 0 Å². The number of carbonyl (C=O) groups is 1. The molecule has 0 aliphatic rings. The highest BCUT2D eigenvalue weighted by molar-refractivity contribution is 6.12. The molecule has 0 aliphatic carbocycles. The van der Waals surface area contributed by atoms with Crippen molar-refractivity contribution in [3.63, 3.8) is 0 Å². The molecule has 6 nitrogen and oxygen atoms in total. The molecule has 0 spiro atoms. The van der Waals surface area contributed by atoms with E-state index in [-0.39, 0.29) is 17.0 Å². The number of hydrogen-bond acceptors (Lipinski definition) is 4. The molecule has 0 saturated carbocycles. The smallest absolute Gasteiger partial charge is 0.253 e. The van der Waals surface area contributed by atoms with Crippen LogP contribution in [0.15, 0.2) is 12.3 Å². The Bertz CT molecular complexity index is 595. The van der Waals surface area contributed by atoms with Gasteiger partial charge in [-0.2, -0.15) is 10.2 Å². The minimum atomic E-state index is -0.269. The highest BCUT2D eigenvalue weighted by Crippen LogP contribution is 2.16. The van der Waals surface area contributed by atoms with E-state index in [9.17, 15) is 9.59 Å². The Morgan fingerprint density at radius 3 is 2.59 bits per heavy atom. The monoisotopic (exact) mass is 231 g/mol. The molecule has 0 fully saturated rings. The van der Waals surface area contributed by atoms with E-state index in [0.29, 0.717) is 11.4 Å². The van der Waals surface area contributed by atoms with Gasteiger partial charge in [-0.1, -0.05) is 0 Å². The highest BCUT2D eigenvalue weighted by atomic mass is 16.1. The van der Waals surface area contributed by atoms with Crippen molar-refractivity contribution >= 4 is 12.1 Å². The van der Waals surface area contributed by atoms with Crippen molar-refractivity contribution in [2.45, 2.75) is 6.92 Å². The summed E-state index contributed by atoms with van der Waals surface area (Å²) in [6.07, 6.45) is 3.28. The van der Waals surface area contributed by atoms with Crippen molar-refractivity contribution in [1.29, 1.82) is 0 Å². The maximum absolute atomic E-state index is 12.2. The first kappa shape index (κ1) is 11.3. The number of rotatable bonds is 3. The van der Waals surface area contributed by atoms with Gasteiger partial charge in [0.05, 0.1) is 11.3 Å². The van der Waals surface area contributed by atoms with E-state index >= 15 is 0 Å². The molecule has 1 radical (unpaired) electrons. The fourth-order valence-electron chi connectivity index (χ4n) is 1.77. The number of nitrogens with zero attached hydrogens (tertiary/aromatic N) is 4. The molecule has 2 aromatic rings. The van der Waals surface area contributed by atoms with E-state index in [1.54, 1.807) is 33.4 Å². The van der Waals surface area contributed by atoms with Crippen LogP contribution < -0.4 is 0 Å². The molecule has 0 aromatic carbocycles. The zero-order chi connectivity index (χ0) is 12.6. The van der Waals surface area contributed by atoms with Crippen molar-refractivity contribution in [2.75, 3.05) is 0 Å². The van der Waals surface area contributed by atoms with Crippen molar-refractivity contribution in [1.82, 2.24) is 19.6 Å². The maximum atomic E-state index is 12.2. The van der Waals surface area contributed by atoms with Gasteiger partial charge in [-0.05, 0) is 13.0 Å². The van der Waals surface area contributed by atoms with Crippen LogP contribution in [-0.2, 0) is 18.9 Å². The molecule has 0 N–H and O–H groups in total. The van der Waals surface area contributed by atoms with Gasteiger partial charge in [0.25, 0.3) is 6.29 Å². The molecule has 17 heavy (non-hydrogen) atoms. The third kappa shape index (κ3) is 1.67. The number of hydrogen-bond donors (Lipinski definition) is 0. The summed E-state index contributed by atoms with van der Waals surface area (Å²) < 4.78 is 2.81. The van der Waals surface area contributed by atoms with Gasteiger partial charge in [0.2, 0.25) is 5.78 Å². The summed E-state index contributed by atoms with van der Waals surface area (Å²) in [6.45, 7) is 1.68. The maximum Gasteiger partial charge on any atom is 0.253 e. The first-order valence-electron chi connectivity index (χ1n) is 5.00. The second-order valence-electron chi connectivity index (χ2n) is 3.70. The van der Waals surface area contributed by atoms with Crippen LogP contribution in [0.4, 0.5) is 0 Å². The van der Waals surface area contributed by atoms with Crippen LogP contribution in [0.2, 0.25) is 0 Å². The minimum absolute atomic E-state index is 0.161. The van der Waals surface area contributed by atoms with E-state index in [4.69, 9.17) is 0 Å². The summed E-state index contributed by atoms with van der Waals surface area (Å²) in [6, 6.07) is 1.60. The Hall–Kier alpha value is -2.24. The highest BCUT2D eigenvalue weighted by Gasteiger charge is 2.23. The lowest BCUT2D eigenvalue weighted by Crippen LogP contribution is -2.11. The number of ketones is 1. The topological polar surface area (TPSA) is 69.8 Å². The van der Waals surface area contributed by atoms with Crippen LogP contribution in [0, 0.1) is 6.92 Å². The second-order valence-corrected chi connectivity index (χ2v) is 3.70. The molecule has 0 bridgehead atoms. The van der Waals surface area contributed by atoms with E-state index in [1.807, 2.05) is 0 Å². The first-order chi connectivity index (χ1) is 8.06. The molecule has 0 aliphatic heterocycles. The lowest BCUT2D eigenvalue weighted by molar-refractivity contribution is 0.102. The Balaban J connectivity index is 2.59. The summed E-state index contributed by atoms with van der Waals surface area (Å²) in [7, 11) is 3.27. The van der Waals surface area contributed by atoms with Crippen LogP contribution in [0.5, 0.6) is 0 Å². The molecule has 2 heterocycles. The van der Waals surface area contributed by atoms with E-state index < -0.39 is 0 Å². The van der Waals surface area contributed by atoms with Crippen molar-refractivity contribution in [3.05, 3.63) is 34.9 Å². The molecular weight excluding hydrogens is 220 g/mol. The summed E-state index contributed by atoms with van der Waals surface area (Å²) >= 11 is 0. The number of aryl methyl sites for hydroxylation is 3. The number of carbonyl (C=O) groups excluding carboxylic acids is 2. The van der Waals surface area contributed by atoms with Gasteiger partial charge in [-0.25, -0.2) is 0 Å². The van der Waals surface area contributed by atoms with Crippen LogP contribution in [0.3, 0.4) is 0 Å². The van der Waals surface area contributed by atoms with E-state index in [1.165, 1.54) is 15.6 Å². The van der Waals surface area contributed by atoms with Crippen molar-refractivity contribution in [2.24, 2.45) is 14.1 Å². The largest absolute Gasteiger partial charge is 0.287 e. The Morgan fingerprint density at radius 2 is 2.06 bits per heavy atom. The Kier molecular flexibility index (Phi) is 2.63. The minimum Gasteiger partial charge on any atom is -0.287 e. The summed E-state index contributed by atoms with van der Waals surface area (Å²) in [5.74, 6) is -0.269. The standard InChI is InChI=1S/C11H11N4O2/c1-7-10(9(6-16)15(3)13-7)11(17)8-4-5-12-14(8)2/h4-5H,1-3H3. The molecule has 0 atom stereocenters. The average Bonchev–Trinajstić information content (AvgIpc) is 2.81. The SMILES string of the molecule is Cc1nn(C)c([C]=O)c1C(=O)c1ccnn1C. The normalized spacial score (nSPS) is 10.5. The third-order valence-corrected chi connectivity index (χ3v) is 2.60. The molecule has 0 unspecified atom stereocenters. The van der Waals surface area contributed by atoms with Crippen molar-refractivity contribution < 1.29 is 9.59 Å². The van der Waals surface area contributed by atoms with Gasteiger partial charge in [0.1, 0.15) is 11.4 Å². The molecule has 0 saturated heterocycles. The predicted molar refractivity (Wildman–Crippen MR) is 59.4 cm³/mol. The van der Waals surface area contributed by atoms with Crippen LogP contribution in [0.25, 0.3) is 0 Å². The van der Waals surface area contributed by atoms with Crippen molar-refractivity contribution in [3.8, 4) is 0 Å². The van der Waals surface area contributed by atoms with Gasteiger partial charge in [-0.3, -0.25) is 19.0 Å². The molecule has 2 aromatic heterocycles. The van der Waals surface area contributed by atoms with Gasteiger partial charge in [0.15, 0.2) is 0 Å². The number of aromatic nitrogens is 4. The third-order valence-electron chi connectivity index (χ3n) is 2.60. The van der Waals surface area contributed by atoms with Crippen LogP contribution in [-0.4, -0.2) is 31.6 Å². The molecular formula is C11H11N4O2. The Labute approximate surface area is 97.9 Å². The summed E-state index contributed by atoms with van der Waals surface area (Å²) in [5.41, 5.74) is 1.37. The molecule has 6 heteroatoms. The van der Waals surface area contributed by atoms with Gasteiger partial charge >= 0.3 is 0 Å². The lowest BCUT2D eigenvalue weighted by Gasteiger charge is -2.00. The van der Waals surface area contributed by atoms with Gasteiger partial charge in [0, 0.05) is 20.3 Å². The average molecular weight is 231 g/mol.